The van der Waals surface area contributed by atoms with Gasteiger partial charge in [-0.1, -0.05) is 25.4 Å². The minimum absolute atomic E-state index is 0.0147. The zero-order chi connectivity index (χ0) is 13.8. The minimum atomic E-state index is -0.582. The van der Waals surface area contributed by atoms with Crippen LogP contribution >= 0.6 is 11.6 Å². The van der Waals surface area contributed by atoms with E-state index in [1.54, 1.807) is 0 Å². The lowest BCUT2D eigenvalue weighted by Gasteiger charge is -2.28. The van der Waals surface area contributed by atoms with Gasteiger partial charge in [0.15, 0.2) is 0 Å². The van der Waals surface area contributed by atoms with Crippen LogP contribution in [0.15, 0.2) is 18.2 Å². The van der Waals surface area contributed by atoms with Crippen molar-refractivity contribution >= 4 is 23.2 Å². The smallest absolute Gasteiger partial charge is 0.231 e. The van der Waals surface area contributed by atoms with Gasteiger partial charge in [0.2, 0.25) is 5.91 Å². The number of carbonyl (C=O) groups excluding carboxylic acids is 1. The van der Waals surface area contributed by atoms with Crippen molar-refractivity contribution in [1.29, 1.82) is 0 Å². The molecule has 0 saturated carbocycles. The third-order valence-corrected chi connectivity index (χ3v) is 3.69. The maximum absolute atomic E-state index is 13.0. The molecule has 0 heterocycles. The van der Waals surface area contributed by atoms with E-state index < -0.39 is 11.2 Å². The molecule has 100 valence electrons. The summed E-state index contributed by atoms with van der Waals surface area (Å²) in [5.74, 6) is -0.664. The summed E-state index contributed by atoms with van der Waals surface area (Å²) in [6.45, 7) is 4.13. The van der Waals surface area contributed by atoms with Crippen LogP contribution in [0.2, 0.25) is 5.02 Å². The number of halogens is 2. The number of benzene rings is 1. The molecule has 0 spiro atoms. The van der Waals surface area contributed by atoms with Crippen molar-refractivity contribution in [3.05, 3.63) is 29.0 Å². The zero-order valence-corrected chi connectivity index (χ0v) is 11.4. The average molecular weight is 273 g/mol. The van der Waals surface area contributed by atoms with Crippen LogP contribution in [-0.2, 0) is 4.79 Å². The molecule has 1 amide bonds. The molecule has 0 saturated heterocycles. The van der Waals surface area contributed by atoms with Crippen molar-refractivity contribution < 1.29 is 9.18 Å². The van der Waals surface area contributed by atoms with E-state index in [9.17, 15) is 9.18 Å². The van der Waals surface area contributed by atoms with E-state index in [0.29, 0.717) is 18.5 Å². The first-order chi connectivity index (χ1) is 8.49. The first kappa shape index (κ1) is 14.9. The highest BCUT2D eigenvalue weighted by Crippen LogP contribution is 2.28. The maximum Gasteiger partial charge on any atom is 0.231 e. The van der Waals surface area contributed by atoms with Crippen LogP contribution in [0.5, 0.6) is 0 Å². The Labute approximate surface area is 112 Å². The summed E-state index contributed by atoms with van der Waals surface area (Å²) in [5.41, 5.74) is 5.59. The first-order valence-corrected chi connectivity index (χ1v) is 6.33. The second-order valence-corrected chi connectivity index (χ2v) is 4.68. The van der Waals surface area contributed by atoms with Crippen LogP contribution in [0.4, 0.5) is 10.1 Å². The van der Waals surface area contributed by atoms with Crippen molar-refractivity contribution in [3.8, 4) is 0 Å². The van der Waals surface area contributed by atoms with Gasteiger partial charge in [-0.05, 0) is 31.0 Å². The lowest BCUT2D eigenvalue weighted by atomic mass is 9.81. The highest BCUT2D eigenvalue weighted by molar-refractivity contribution is 6.31. The highest BCUT2D eigenvalue weighted by Gasteiger charge is 2.33. The van der Waals surface area contributed by atoms with E-state index in [1.165, 1.54) is 18.2 Å². The van der Waals surface area contributed by atoms with E-state index >= 15 is 0 Å². The third kappa shape index (κ3) is 3.00. The summed E-state index contributed by atoms with van der Waals surface area (Å²) in [4.78, 5) is 12.2. The number of nitrogens with two attached hydrogens (primary N) is 1. The van der Waals surface area contributed by atoms with E-state index in [0.717, 1.165) is 0 Å². The highest BCUT2D eigenvalue weighted by atomic mass is 35.5. The van der Waals surface area contributed by atoms with Crippen LogP contribution in [0.25, 0.3) is 0 Å². The SMILES string of the molecule is CCC(CC)(CN)C(=O)Nc1ccc(F)c(Cl)c1. The summed E-state index contributed by atoms with van der Waals surface area (Å²) in [6.07, 6.45) is 1.31. The fraction of sp³-hybridized carbons (Fsp3) is 0.462. The van der Waals surface area contributed by atoms with Crippen LogP contribution < -0.4 is 11.1 Å². The Balaban J connectivity index is 2.89. The quantitative estimate of drug-likeness (QED) is 0.865. The molecule has 0 bridgehead atoms. The van der Waals surface area contributed by atoms with Gasteiger partial charge in [-0.15, -0.1) is 0 Å². The Morgan fingerprint density at radius 1 is 1.44 bits per heavy atom. The lowest BCUT2D eigenvalue weighted by Crippen LogP contribution is -2.41. The number of nitrogens with one attached hydrogen (secondary N) is 1. The van der Waals surface area contributed by atoms with Crippen molar-refractivity contribution in [2.24, 2.45) is 11.1 Å². The van der Waals surface area contributed by atoms with E-state index in [4.69, 9.17) is 17.3 Å². The van der Waals surface area contributed by atoms with Gasteiger partial charge in [-0.3, -0.25) is 4.79 Å². The number of hydrogen-bond donors (Lipinski definition) is 2. The molecule has 3 nitrogen and oxygen atoms in total. The Bertz CT molecular complexity index is 425. The molecule has 0 atom stereocenters. The average Bonchev–Trinajstić information content (AvgIpc) is 2.37. The lowest BCUT2D eigenvalue weighted by molar-refractivity contribution is -0.125. The largest absolute Gasteiger partial charge is 0.329 e. The normalized spacial score (nSPS) is 11.4. The third-order valence-electron chi connectivity index (χ3n) is 3.40. The molecule has 0 aromatic heterocycles. The standard InChI is InChI=1S/C13H18ClFN2O/c1-3-13(4-2,8-16)12(18)17-9-5-6-11(15)10(14)7-9/h5-7H,3-4,8,16H2,1-2H3,(H,17,18). The molecule has 1 rings (SSSR count). The monoisotopic (exact) mass is 272 g/mol. The molecule has 5 heteroatoms. The summed E-state index contributed by atoms with van der Waals surface area (Å²) in [5, 5.41) is 2.72. The van der Waals surface area contributed by atoms with Gasteiger partial charge in [-0.25, -0.2) is 4.39 Å². The number of hydrogen-bond acceptors (Lipinski definition) is 2. The summed E-state index contributed by atoms with van der Waals surface area (Å²) < 4.78 is 13.0. The molecule has 0 aliphatic carbocycles. The molecule has 0 radical (unpaired) electrons. The molecule has 1 aromatic carbocycles. The van der Waals surface area contributed by atoms with Crippen LogP contribution in [-0.4, -0.2) is 12.5 Å². The molecule has 0 aliphatic heterocycles. The van der Waals surface area contributed by atoms with Crippen LogP contribution in [0, 0.1) is 11.2 Å². The van der Waals surface area contributed by atoms with E-state index in [2.05, 4.69) is 5.32 Å². The molecule has 1 aromatic rings. The van der Waals surface area contributed by atoms with E-state index in [1.807, 2.05) is 13.8 Å². The first-order valence-electron chi connectivity index (χ1n) is 5.95. The van der Waals surface area contributed by atoms with Gasteiger partial charge in [-0.2, -0.15) is 0 Å². The Morgan fingerprint density at radius 3 is 2.50 bits per heavy atom. The van der Waals surface area contributed by atoms with Gasteiger partial charge in [0.05, 0.1) is 10.4 Å². The van der Waals surface area contributed by atoms with Crippen LogP contribution in [0.1, 0.15) is 26.7 Å². The molecular formula is C13H18ClFN2O. The number of amides is 1. The van der Waals surface area contributed by atoms with Gasteiger partial charge >= 0.3 is 0 Å². The number of rotatable bonds is 5. The Hall–Kier alpha value is -1.13. The fourth-order valence-corrected chi connectivity index (χ4v) is 1.97. The Kier molecular flexibility index (Phi) is 5.11. The van der Waals surface area contributed by atoms with Crippen molar-refractivity contribution in [3.63, 3.8) is 0 Å². The topological polar surface area (TPSA) is 55.1 Å². The second-order valence-electron chi connectivity index (χ2n) is 4.27. The Morgan fingerprint density at radius 2 is 2.06 bits per heavy atom. The van der Waals surface area contributed by atoms with Crippen molar-refractivity contribution in [2.75, 3.05) is 11.9 Å². The number of carbonyl (C=O) groups is 1. The predicted molar refractivity (Wildman–Crippen MR) is 72.1 cm³/mol. The van der Waals surface area contributed by atoms with Crippen LogP contribution in [0.3, 0.4) is 0 Å². The van der Waals surface area contributed by atoms with Gasteiger partial charge < -0.3 is 11.1 Å². The molecule has 0 aliphatic rings. The number of anilines is 1. The predicted octanol–water partition coefficient (Wildman–Crippen LogP) is 3.18. The molecule has 0 unspecified atom stereocenters. The van der Waals surface area contributed by atoms with Crippen molar-refractivity contribution in [1.82, 2.24) is 0 Å². The molecule has 3 N–H and O–H groups in total. The summed E-state index contributed by atoms with van der Waals surface area (Å²) >= 11 is 5.66. The molecule has 18 heavy (non-hydrogen) atoms. The molecular weight excluding hydrogens is 255 g/mol. The summed E-state index contributed by atoms with van der Waals surface area (Å²) in [6, 6.07) is 4.09. The zero-order valence-electron chi connectivity index (χ0n) is 10.6. The van der Waals surface area contributed by atoms with Gasteiger partial charge in [0.1, 0.15) is 5.82 Å². The summed E-state index contributed by atoms with van der Waals surface area (Å²) in [7, 11) is 0. The van der Waals surface area contributed by atoms with Gasteiger partial charge in [0.25, 0.3) is 0 Å². The fourth-order valence-electron chi connectivity index (χ4n) is 1.79. The second kappa shape index (κ2) is 6.16. The van der Waals surface area contributed by atoms with E-state index in [-0.39, 0.29) is 17.5 Å². The maximum atomic E-state index is 13.0. The van der Waals surface area contributed by atoms with Gasteiger partial charge in [0, 0.05) is 12.2 Å². The minimum Gasteiger partial charge on any atom is -0.329 e. The molecule has 0 fully saturated rings. The van der Waals surface area contributed by atoms with Crippen molar-refractivity contribution in [2.45, 2.75) is 26.7 Å².